The average molecular weight is 358 g/mol. The quantitative estimate of drug-likeness (QED) is 0.810. The Bertz CT molecular complexity index is 737. The Morgan fingerprint density at radius 2 is 1.64 bits per heavy atom. The van der Waals surface area contributed by atoms with Crippen LogP contribution in [0, 0.1) is 0 Å². The van der Waals surface area contributed by atoms with Crippen LogP contribution in [0.5, 0.6) is 0 Å². The van der Waals surface area contributed by atoms with E-state index in [0.29, 0.717) is 10.7 Å². The van der Waals surface area contributed by atoms with Crippen molar-refractivity contribution in [2.24, 2.45) is 0 Å². The van der Waals surface area contributed by atoms with Crippen molar-refractivity contribution in [2.45, 2.75) is 31.1 Å². The predicted octanol–water partition coefficient (Wildman–Crippen LogP) is 4.33. The molecule has 130 valence electrons. The molecule has 0 aromatic heterocycles. The van der Waals surface area contributed by atoms with Crippen LogP contribution >= 0.6 is 11.6 Å². The van der Waals surface area contributed by atoms with E-state index in [1.807, 2.05) is 30.3 Å². The van der Waals surface area contributed by atoms with E-state index in [0.717, 1.165) is 31.2 Å². The van der Waals surface area contributed by atoms with Gasteiger partial charge in [0.15, 0.2) is 6.61 Å². The summed E-state index contributed by atoms with van der Waals surface area (Å²) < 4.78 is 5.36. The number of nitrogens with one attached hydrogen (secondary N) is 1. The van der Waals surface area contributed by atoms with Gasteiger partial charge in [-0.3, -0.25) is 9.59 Å². The first-order valence-corrected chi connectivity index (χ1v) is 8.76. The van der Waals surface area contributed by atoms with Gasteiger partial charge in [-0.1, -0.05) is 54.8 Å². The van der Waals surface area contributed by atoms with Gasteiger partial charge >= 0.3 is 5.97 Å². The van der Waals surface area contributed by atoms with Crippen LogP contribution in [0.1, 0.15) is 31.2 Å². The zero-order chi connectivity index (χ0) is 17.7. The molecule has 3 rings (SSSR count). The SMILES string of the molecule is O=C(COC(=O)C1(c2ccc(Cl)cc2)CCCC1)Nc1ccccc1. The van der Waals surface area contributed by atoms with Crippen LogP contribution in [0.3, 0.4) is 0 Å². The molecule has 1 fully saturated rings. The Morgan fingerprint density at radius 3 is 2.28 bits per heavy atom. The summed E-state index contributed by atoms with van der Waals surface area (Å²) in [6.07, 6.45) is 3.39. The van der Waals surface area contributed by atoms with Crippen LogP contribution in [-0.4, -0.2) is 18.5 Å². The minimum Gasteiger partial charge on any atom is -0.455 e. The van der Waals surface area contributed by atoms with Gasteiger partial charge in [0.05, 0.1) is 5.41 Å². The van der Waals surface area contributed by atoms with Crippen LogP contribution in [0.15, 0.2) is 54.6 Å². The molecule has 1 amide bonds. The Hall–Kier alpha value is -2.33. The fourth-order valence-corrected chi connectivity index (χ4v) is 3.47. The molecular weight excluding hydrogens is 338 g/mol. The van der Waals surface area contributed by atoms with Crippen molar-refractivity contribution in [2.75, 3.05) is 11.9 Å². The number of carbonyl (C=O) groups excluding carboxylic acids is 2. The molecule has 25 heavy (non-hydrogen) atoms. The average Bonchev–Trinajstić information content (AvgIpc) is 3.12. The lowest BCUT2D eigenvalue weighted by atomic mass is 9.79. The molecule has 1 saturated carbocycles. The van der Waals surface area contributed by atoms with E-state index in [9.17, 15) is 9.59 Å². The number of hydrogen-bond donors (Lipinski definition) is 1. The van der Waals surface area contributed by atoms with E-state index in [1.54, 1.807) is 24.3 Å². The highest BCUT2D eigenvalue weighted by atomic mass is 35.5. The van der Waals surface area contributed by atoms with Gasteiger partial charge in [-0.05, 0) is 42.7 Å². The normalized spacial score (nSPS) is 15.6. The minimum atomic E-state index is -0.669. The number of esters is 1. The highest BCUT2D eigenvalue weighted by molar-refractivity contribution is 6.30. The van der Waals surface area contributed by atoms with Gasteiger partial charge in [-0.2, -0.15) is 0 Å². The van der Waals surface area contributed by atoms with Gasteiger partial charge in [0, 0.05) is 10.7 Å². The maximum absolute atomic E-state index is 12.8. The Balaban J connectivity index is 1.65. The molecule has 0 spiro atoms. The Kier molecular flexibility index (Phi) is 5.39. The summed E-state index contributed by atoms with van der Waals surface area (Å²) in [5, 5.41) is 3.35. The highest BCUT2D eigenvalue weighted by Gasteiger charge is 2.44. The van der Waals surface area contributed by atoms with Gasteiger partial charge in [-0.25, -0.2) is 0 Å². The Labute approximate surface area is 152 Å². The molecule has 2 aromatic rings. The predicted molar refractivity (Wildman–Crippen MR) is 97.6 cm³/mol. The smallest absolute Gasteiger partial charge is 0.317 e. The van der Waals surface area contributed by atoms with Gasteiger partial charge in [0.1, 0.15) is 0 Å². The molecule has 1 aliphatic carbocycles. The topological polar surface area (TPSA) is 55.4 Å². The minimum absolute atomic E-state index is 0.289. The van der Waals surface area contributed by atoms with Crippen molar-refractivity contribution in [1.29, 1.82) is 0 Å². The van der Waals surface area contributed by atoms with E-state index in [-0.39, 0.29) is 18.5 Å². The van der Waals surface area contributed by atoms with E-state index < -0.39 is 5.41 Å². The second-order valence-corrected chi connectivity index (χ2v) is 6.72. The van der Waals surface area contributed by atoms with Crippen molar-refractivity contribution >= 4 is 29.2 Å². The molecule has 0 bridgehead atoms. The summed E-state index contributed by atoms with van der Waals surface area (Å²) in [5.74, 6) is -0.681. The molecular formula is C20H20ClNO3. The number of ether oxygens (including phenoxy) is 1. The van der Waals surface area contributed by atoms with Crippen LogP contribution in [0.4, 0.5) is 5.69 Å². The Morgan fingerprint density at radius 1 is 1.00 bits per heavy atom. The molecule has 4 nitrogen and oxygen atoms in total. The van der Waals surface area contributed by atoms with E-state index in [2.05, 4.69) is 5.32 Å². The molecule has 5 heteroatoms. The lowest BCUT2D eigenvalue weighted by Crippen LogP contribution is -2.36. The van der Waals surface area contributed by atoms with Crippen LogP contribution < -0.4 is 5.32 Å². The lowest BCUT2D eigenvalue weighted by molar-refractivity contribution is -0.153. The van der Waals surface area contributed by atoms with Gasteiger partial charge in [-0.15, -0.1) is 0 Å². The second-order valence-electron chi connectivity index (χ2n) is 6.29. The summed E-state index contributed by atoms with van der Waals surface area (Å²) in [5.41, 5.74) is 0.914. The monoisotopic (exact) mass is 357 g/mol. The summed E-state index contributed by atoms with van der Waals surface area (Å²) in [6.45, 7) is -0.289. The molecule has 0 atom stereocenters. The first-order chi connectivity index (χ1) is 12.1. The maximum Gasteiger partial charge on any atom is 0.317 e. The number of amides is 1. The number of hydrogen-bond acceptors (Lipinski definition) is 3. The summed E-state index contributed by atoms with van der Waals surface area (Å²) in [7, 11) is 0. The van der Waals surface area contributed by atoms with E-state index >= 15 is 0 Å². The van der Waals surface area contributed by atoms with Crippen LogP contribution in [0.25, 0.3) is 0 Å². The van der Waals surface area contributed by atoms with E-state index in [1.165, 1.54) is 0 Å². The summed E-state index contributed by atoms with van der Waals surface area (Å²) in [4.78, 5) is 24.8. The van der Waals surface area contributed by atoms with Gasteiger partial charge < -0.3 is 10.1 Å². The zero-order valence-corrected chi connectivity index (χ0v) is 14.6. The number of benzene rings is 2. The van der Waals surface area contributed by atoms with Crippen LogP contribution in [0.2, 0.25) is 5.02 Å². The molecule has 0 aliphatic heterocycles. The third-order valence-electron chi connectivity index (χ3n) is 4.64. The highest BCUT2D eigenvalue weighted by Crippen LogP contribution is 2.42. The fraction of sp³-hybridized carbons (Fsp3) is 0.300. The first kappa shape index (κ1) is 17.5. The standard InChI is InChI=1S/C20H20ClNO3/c21-16-10-8-15(9-11-16)20(12-4-5-13-20)19(24)25-14-18(23)22-17-6-2-1-3-7-17/h1-3,6-11H,4-5,12-14H2,(H,22,23). The number of anilines is 1. The molecule has 1 aliphatic rings. The van der Waals surface area contributed by atoms with Crippen LogP contribution in [-0.2, 0) is 19.7 Å². The van der Waals surface area contributed by atoms with Gasteiger partial charge in [0.2, 0.25) is 0 Å². The molecule has 0 radical (unpaired) electrons. The van der Waals surface area contributed by atoms with Gasteiger partial charge in [0.25, 0.3) is 5.91 Å². The first-order valence-electron chi connectivity index (χ1n) is 8.38. The van der Waals surface area contributed by atoms with Crippen molar-refractivity contribution in [3.63, 3.8) is 0 Å². The number of rotatable bonds is 5. The molecule has 1 N–H and O–H groups in total. The number of halogens is 1. The van der Waals surface area contributed by atoms with E-state index in [4.69, 9.17) is 16.3 Å². The third-order valence-corrected chi connectivity index (χ3v) is 4.89. The molecule has 0 saturated heterocycles. The zero-order valence-electron chi connectivity index (χ0n) is 13.8. The number of para-hydroxylation sites is 1. The maximum atomic E-state index is 12.8. The third kappa shape index (κ3) is 4.02. The lowest BCUT2D eigenvalue weighted by Gasteiger charge is -2.27. The largest absolute Gasteiger partial charge is 0.455 e. The van der Waals surface area contributed by atoms with Crippen molar-refractivity contribution in [3.05, 3.63) is 65.2 Å². The summed E-state index contributed by atoms with van der Waals surface area (Å²) >= 11 is 5.95. The fourth-order valence-electron chi connectivity index (χ4n) is 3.35. The number of carbonyl (C=O) groups is 2. The van der Waals surface area contributed by atoms with Crippen molar-refractivity contribution in [3.8, 4) is 0 Å². The second kappa shape index (κ2) is 7.70. The summed E-state index contributed by atoms with van der Waals surface area (Å²) in [6, 6.07) is 16.4. The van der Waals surface area contributed by atoms with Crippen molar-refractivity contribution in [1.82, 2.24) is 0 Å². The molecule has 2 aromatic carbocycles. The molecule has 0 unspecified atom stereocenters. The van der Waals surface area contributed by atoms with Crippen molar-refractivity contribution < 1.29 is 14.3 Å². The molecule has 0 heterocycles.